The van der Waals surface area contributed by atoms with Crippen molar-refractivity contribution in [1.82, 2.24) is 4.90 Å². The molecule has 2 saturated heterocycles. The number of carbonyl (C=O) groups is 2. The number of alkyl halides is 3. The number of rotatable bonds is 11. The predicted octanol–water partition coefficient (Wildman–Crippen LogP) is 7.86. The molecule has 2 heterocycles. The van der Waals surface area contributed by atoms with E-state index in [4.69, 9.17) is 5.73 Å². The molecule has 2 amide bonds. The second-order valence-electron chi connectivity index (χ2n) is 13.8. The first-order valence-corrected chi connectivity index (χ1v) is 17.1. The summed E-state index contributed by atoms with van der Waals surface area (Å²) >= 11 is 0. The van der Waals surface area contributed by atoms with Gasteiger partial charge < -0.3 is 26.2 Å². The van der Waals surface area contributed by atoms with Gasteiger partial charge in [0, 0.05) is 24.3 Å². The van der Waals surface area contributed by atoms with Crippen molar-refractivity contribution in [3.8, 4) is 11.1 Å². The third-order valence-electron chi connectivity index (χ3n) is 9.30. The van der Waals surface area contributed by atoms with E-state index in [0.29, 0.717) is 19.0 Å². The first-order valence-electron chi connectivity index (χ1n) is 17.1. The van der Waals surface area contributed by atoms with Gasteiger partial charge >= 0.3 is 6.18 Å². The highest BCUT2D eigenvalue weighted by Gasteiger charge is 2.46. The maximum Gasteiger partial charge on any atom is 0.416 e. The molecule has 0 bridgehead atoms. The van der Waals surface area contributed by atoms with Crippen LogP contribution in [0.15, 0.2) is 59.6 Å². The lowest BCUT2D eigenvalue weighted by molar-refractivity contribution is -0.137. The predicted molar refractivity (Wildman–Crippen MR) is 191 cm³/mol. The monoisotopic (exact) mass is 676 g/mol. The molecule has 0 aromatic heterocycles. The Morgan fingerprint density at radius 3 is 2.41 bits per heavy atom. The van der Waals surface area contributed by atoms with Crippen molar-refractivity contribution in [3.63, 3.8) is 0 Å². The molecule has 0 spiro atoms. The third kappa shape index (κ3) is 8.62. The lowest BCUT2D eigenvalue weighted by Gasteiger charge is -2.45. The summed E-state index contributed by atoms with van der Waals surface area (Å²) in [4.78, 5) is 34.8. The van der Waals surface area contributed by atoms with Gasteiger partial charge in [-0.15, -0.1) is 0 Å². The number of carbonyl (C=O) groups excluding carboxylic acids is 2. The minimum absolute atomic E-state index is 0.0720. The van der Waals surface area contributed by atoms with E-state index < -0.39 is 23.1 Å². The smallest absolute Gasteiger partial charge is 0.370 e. The number of nitrogens with zero attached hydrogens (tertiary/aromatic N) is 3. The summed E-state index contributed by atoms with van der Waals surface area (Å²) in [5, 5.41) is 5.94. The van der Waals surface area contributed by atoms with Crippen LogP contribution in [0.4, 0.5) is 30.2 Å². The Balaban J connectivity index is 1.34. The molecule has 11 heteroatoms. The van der Waals surface area contributed by atoms with Gasteiger partial charge in [-0.25, -0.2) is 0 Å². The van der Waals surface area contributed by atoms with Crippen LogP contribution in [0.3, 0.4) is 0 Å². The van der Waals surface area contributed by atoms with Gasteiger partial charge in [-0.2, -0.15) is 13.2 Å². The SMILES string of the molecule is CCCc1cc(-c2cc(C(=O)Nc3cc(C(F)(F)F)ccc3N3CC(C)(C)C3=O)ccc2C)ccc1NC(N)=NCCCN1CCCCC1. The Morgan fingerprint density at radius 1 is 0.980 bits per heavy atom. The molecule has 49 heavy (non-hydrogen) atoms. The number of β-lactam (4-membered cyclic amide) rings is 1. The van der Waals surface area contributed by atoms with Crippen molar-refractivity contribution < 1.29 is 22.8 Å². The second-order valence-corrected chi connectivity index (χ2v) is 13.8. The zero-order valence-electron chi connectivity index (χ0n) is 28.8. The molecule has 4 N–H and O–H groups in total. The Hall–Kier alpha value is -4.38. The van der Waals surface area contributed by atoms with Crippen LogP contribution in [0.25, 0.3) is 11.1 Å². The molecule has 8 nitrogen and oxygen atoms in total. The summed E-state index contributed by atoms with van der Waals surface area (Å²) in [7, 11) is 0. The molecular weight excluding hydrogens is 629 g/mol. The average Bonchev–Trinajstić information content (AvgIpc) is 3.07. The minimum atomic E-state index is -4.62. The number of benzene rings is 3. The number of hydrogen-bond acceptors (Lipinski definition) is 4. The van der Waals surface area contributed by atoms with E-state index in [1.54, 1.807) is 26.0 Å². The van der Waals surface area contributed by atoms with Crippen LogP contribution >= 0.6 is 0 Å². The van der Waals surface area contributed by atoms with Gasteiger partial charge in [0.15, 0.2) is 5.96 Å². The summed E-state index contributed by atoms with van der Waals surface area (Å²) < 4.78 is 40.9. The van der Waals surface area contributed by atoms with E-state index in [9.17, 15) is 22.8 Å². The largest absolute Gasteiger partial charge is 0.416 e. The molecule has 5 rings (SSSR count). The number of nitrogens with one attached hydrogen (secondary N) is 2. The van der Waals surface area contributed by atoms with Gasteiger partial charge in [0.1, 0.15) is 0 Å². The molecule has 2 fully saturated rings. The third-order valence-corrected chi connectivity index (χ3v) is 9.30. The fourth-order valence-electron chi connectivity index (χ4n) is 6.53. The van der Waals surface area contributed by atoms with Crippen LogP contribution in [0.1, 0.15) is 79.9 Å². The van der Waals surface area contributed by atoms with Crippen LogP contribution in [0.2, 0.25) is 0 Å². The number of nitrogens with two attached hydrogens (primary N) is 1. The molecule has 0 radical (unpaired) electrons. The van der Waals surface area contributed by atoms with Crippen molar-refractivity contribution in [2.24, 2.45) is 16.1 Å². The van der Waals surface area contributed by atoms with E-state index in [0.717, 1.165) is 79.0 Å². The number of halogens is 3. The second kappa shape index (κ2) is 15.0. The number of aliphatic imine (C=N–C) groups is 1. The van der Waals surface area contributed by atoms with Gasteiger partial charge in [-0.05, 0) is 131 Å². The Kier molecular flexibility index (Phi) is 11.0. The molecule has 0 unspecified atom stereocenters. The maximum absolute atomic E-state index is 13.6. The first kappa shape index (κ1) is 35.9. The number of piperidine rings is 1. The van der Waals surface area contributed by atoms with Gasteiger partial charge in [-0.3, -0.25) is 14.6 Å². The van der Waals surface area contributed by atoms with Crippen molar-refractivity contribution in [1.29, 1.82) is 0 Å². The average molecular weight is 677 g/mol. The normalized spacial score (nSPS) is 16.8. The van der Waals surface area contributed by atoms with Crippen LogP contribution < -0.4 is 21.3 Å². The maximum atomic E-state index is 13.6. The minimum Gasteiger partial charge on any atom is -0.370 e. The lowest BCUT2D eigenvalue weighted by atomic mass is 9.82. The lowest BCUT2D eigenvalue weighted by Crippen LogP contribution is -2.58. The zero-order valence-corrected chi connectivity index (χ0v) is 28.8. The van der Waals surface area contributed by atoms with E-state index in [1.165, 1.54) is 30.2 Å². The molecule has 262 valence electrons. The summed E-state index contributed by atoms with van der Waals surface area (Å²) in [6.45, 7) is 11.9. The van der Waals surface area contributed by atoms with Gasteiger partial charge in [-0.1, -0.05) is 31.9 Å². The Bertz CT molecular complexity index is 1710. The molecule has 0 aliphatic carbocycles. The zero-order chi connectivity index (χ0) is 35.3. The highest BCUT2D eigenvalue weighted by Crippen LogP contribution is 2.41. The Morgan fingerprint density at radius 2 is 1.73 bits per heavy atom. The van der Waals surface area contributed by atoms with E-state index in [2.05, 4.69) is 33.5 Å². The molecule has 2 aliphatic heterocycles. The quantitative estimate of drug-likeness (QED) is 0.0831. The first-order chi connectivity index (χ1) is 23.3. The number of aryl methyl sites for hydroxylation is 2. The topological polar surface area (TPSA) is 103 Å². The van der Waals surface area contributed by atoms with Crippen molar-refractivity contribution >= 4 is 34.8 Å². The highest BCUT2D eigenvalue weighted by atomic mass is 19.4. The van der Waals surface area contributed by atoms with E-state index in [-0.39, 0.29) is 22.8 Å². The van der Waals surface area contributed by atoms with Crippen LogP contribution in [-0.4, -0.2) is 55.4 Å². The van der Waals surface area contributed by atoms with E-state index >= 15 is 0 Å². The number of likely N-dealkylation sites (tertiary alicyclic amines) is 1. The fraction of sp³-hybridized carbons (Fsp3) is 0.447. The molecule has 2 aliphatic rings. The molecular formula is C38H47F3N6O2. The molecule has 0 saturated carbocycles. The van der Waals surface area contributed by atoms with E-state index in [1.807, 2.05) is 25.1 Å². The van der Waals surface area contributed by atoms with Crippen molar-refractivity contribution in [3.05, 3.63) is 76.9 Å². The fourth-order valence-corrected chi connectivity index (χ4v) is 6.53. The number of anilines is 3. The Labute approximate surface area is 287 Å². The number of hydrogen-bond donors (Lipinski definition) is 3. The summed E-state index contributed by atoms with van der Waals surface area (Å²) in [6.07, 6.45) is 1.88. The van der Waals surface area contributed by atoms with Gasteiger partial charge in [0.25, 0.3) is 5.91 Å². The van der Waals surface area contributed by atoms with Crippen molar-refractivity contribution in [2.75, 3.05) is 48.3 Å². The number of amides is 2. The van der Waals surface area contributed by atoms with Crippen LogP contribution in [-0.2, 0) is 17.4 Å². The summed E-state index contributed by atoms with van der Waals surface area (Å²) in [5.41, 5.74) is 9.74. The van der Waals surface area contributed by atoms with Gasteiger partial charge in [0.05, 0.1) is 22.4 Å². The highest BCUT2D eigenvalue weighted by molar-refractivity contribution is 6.11. The van der Waals surface area contributed by atoms with Crippen molar-refractivity contribution in [2.45, 2.75) is 72.4 Å². The van der Waals surface area contributed by atoms with Crippen LogP contribution in [0.5, 0.6) is 0 Å². The summed E-state index contributed by atoms with van der Waals surface area (Å²) in [6, 6.07) is 14.2. The number of guanidine groups is 1. The van der Waals surface area contributed by atoms with Crippen LogP contribution in [0, 0.1) is 12.3 Å². The standard InChI is InChI=1S/C38H47F3N6O2/c1-5-10-27-21-26(13-15-31(27)45-36(42)43-17-9-20-46-18-7-6-8-19-46)30-22-28(12-11-25(30)2)34(48)44-32-23-29(38(39,40)41)14-16-33(32)47-24-37(3,4)35(47)49/h11-16,21-23H,5-10,17-20,24H2,1-4H3,(H,44,48)(H3,42,43,45). The molecule has 3 aromatic rings. The molecule has 3 aromatic carbocycles. The van der Waals surface area contributed by atoms with Gasteiger partial charge in [0.2, 0.25) is 5.91 Å². The summed E-state index contributed by atoms with van der Waals surface area (Å²) in [5.74, 6) is -0.427. The molecule has 0 atom stereocenters.